The normalized spacial score (nSPS) is 20.2. The van der Waals surface area contributed by atoms with Gasteiger partial charge in [0.1, 0.15) is 0 Å². The molecule has 1 aliphatic carbocycles. The third-order valence-corrected chi connectivity index (χ3v) is 2.83. The monoisotopic (exact) mass is 217 g/mol. The van der Waals surface area contributed by atoms with Crippen LogP contribution in [0.1, 0.15) is 12.8 Å². The van der Waals surface area contributed by atoms with Crippen LogP contribution in [0.15, 0.2) is 0 Å². The Hall–Kier alpha value is -0.160. The van der Waals surface area contributed by atoms with Gasteiger partial charge in [-0.3, -0.25) is 0 Å². The van der Waals surface area contributed by atoms with E-state index in [-0.39, 0.29) is 6.10 Å². The van der Waals surface area contributed by atoms with Gasteiger partial charge < -0.3 is 19.5 Å². The average Bonchev–Trinajstić information content (AvgIpc) is 3.06. The van der Waals surface area contributed by atoms with Gasteiger partial charge in [-0.1, -0.05) is 0 Å². The lowest BCUT2D eigenvalue weighted by Crippen LogP contribution is -2.41. The lowest BCUT2D eigenvalue weighted by Gasteiger charge is -2.21. The first-order valence-electron chi connectivity index (χ1n) is 5.55. The first-order valence-corrected chi connectivity index (χ1v) is 5.55. The summed E-state index contributed by atoms with van der Waals surface area (Å²) < 4.78 is 15.6. The molecule has 0 aliphatic heterocycles. The topological polar surface area (TPSA) is 39.7 Å². The van der Waals surface area contributed by atoms with Crippen LogP contribution < -0.4 is 5.32 Å². The average molecular weight is 217 g/mol. The van der Waals surface area contributed by atoms with Gasteiger partial charge in [0, 0.05) is 33.9 Å². The van der Waals surface area contributed by atoms with E-state index < -0.39 is 0 Å². The largest absolute Gasteiger partial charge is 0.383 e. The van der Waals surface area contributed by atoms with E-state index in [9.17, 15) is 0 Å². The second-order valence-electron chi connectivity index (χ2n) is 4.12. The van der Waals surface area contributed by atoms with Crippen LogP contribution in [0.2, 0.25) is 0 Å². The maximum absolute atomic E-state index is 5.29. The molecule has 0 aromatic rings. The maximum atomic E-state index is 5.29. The predicted molar refractivity (Wildman–Crippen MR) is 59.1 cm³/mol. The third-order valence-electron chi connectivity index (χ3n) is 2.83. The first kappa shape index (κ1) is 12.9. The molecule has 0 saturated heterocycles. The Balaban J connectivity index is 2.18. The molecule has 4 heteroatoms. The Morgan fingerprint density at radius 1 is 1.13 bits per heavy atom. The van der Waals surface area contributed by atoms with Crippen LogP contribution in [0.5, 0.6) is 0 Å². The fourth-order valence-corrected chi connectivity index (χ4v) is 1.72. The fourth-order valence-electron chi connectivity index (χ4n) is 1.72. The van der Waals surface area contributed by atoms with E-state index >= 15 is 0 Å². The number of methoxy groups -OCH3 is 3. The standard InChI is InChI=1S/C11H23NO3/c1-13-7-10(15-3)6-12-11(8-14-2)9-4-5-9/h9-12H,4-8H2,1-3H3. The van der Waals surface area contributed by atoms with Gasteiger partial charge >= 0.3 is 0 Å². The summed E-state index contributed by atoms with van der Waals surface area (Å²) in [6.07, 6.45) is 2.78. The minimum absolute atomic E-state index is 0.133. The summed E-state index contributed by atoms with van der Waals surface area (Å²) in [5, 5.41) is 3.49. The first-order chi connectivity index (χ1) is 7.31. The quantitative estimate of drug-likeness (QED) is 0.616. The summed E-state index contributed by atoms with van der Waals surface area (Å²) in [5.74, 6) is 0.796. The van der Waals surface area contributed by atoms with Gasteiger partial charge in [0.2, 0.25) is 0 Å². The lowest BCUT2D eigenvalue weighted by atomic mass is 10.2. The van der Waals surface area contributed by atoms with Crippen molar-refractivity contribution >= 4 is 0 Å². The number of hydrogen-bond donors (Lipinski definition) is 1. The van der Waals surface area contributed by atoms with E-state index in [0.717, 1.165) is 19.1 Å². The number of rotatable bonds is 9. The van der Waals surface area contributed by atoms with Crippen LogP contribution in [-0.4, -0.2) is 53.2 Å². The Morgan fingerprint density at radius 3 is 2.27 bits per heavy atom. The summed E-state index contributed by atoms with van der Waals surface area (Å²) >= 11 is 0. The molecule has 1 aliphatic rings. The van der Waals surface area contributed by atoms with Crippen LogP contribution in [0.3, 0.4) is 0 Å². The van der Waals surface area contributed by atoms with E-state index in [1.807, 2.05) is 0 Å². The Morgan fingerprint density at radius 2 is 1.80 bits per heavy atom. The zero-order valence-electron chi connectivity index (χ0n) is 9.99. The van der Waals surface area contributed by atoms with Crippen molar-refractivity contribution < 1.29 is 14.2 Å². The Labute approximate surface area is 92.3 Å². The van der Waals surface area contributed by atoms with Crippen LogP contribution in [0, 0.1) is 5.92 Å². The summed E-state index contributed by atoms with van der Waals surface area (Å²) in [6.45, 7) is 2.25. The molecule has 0 bridgehead atoms. The van der Waals surface area contributed by atoms with Gasteiger partial charge in [-0.05, 0) is 18.8 Å². The van der Waals surface area contributed by atoms with Gasteiger partial charge in [-0.15, -0.1) is 0 Å². The van der Waals surface area contributed by atoms with Crippen molar-refractivity contribution in [3.63, 3.8) is 0 Å². The Bertz CT molecular complexity index is 162. The highest BCUT2D eigenvalue weighted by Crippen LogP contribution is 2.32. The highest BCUT2D eigenvalue weighted by molar-refractivity contribution is 4.86. The lowest BCUT2D eigenvalue weighted by molar-refractivity contribution is 0.0245. The second-order valence-corrected chi connectivity index (χ2v) is 4.12. The van der Waals surface area contributed by atoms with E-state index in [0.29, 0.717) is 12.6 Å². The number of hydrogen-bond acceptors (Lipinski definition) is 4. The highest BCUT2D eigenvalue weighted by Gasteiger charge is 2.31. The van der Waals surface area contributed by atoms with Crippen LogP contribution in [-0.2, 0) is 14.2 Å². The van der Waals surface area contributed by atoms with Crippen molar-refractivity contribution in [1.29, 1.82) is 0 Å². The molecule has 1 saturated carbocycles. The molecular formula is C11H23NO3. The summed E-state index contributed by atoms with van der Waals surface area (Å²) in [6, 6.07) is 0.476. The summed E-state index contributed by atoms with van der Waals surface area (Å²) in [5.41, 5.74) is 0. The van der Waals surface area contributed by atoms with Crippen molar-refractivity contribution in [3.05, 3.63) is 0 Å². The van der Waals surface area contributed by atoms with Gasteiger partial charge in [-0.2, -0.15) is 0 Å². The molecule has 0 spiro atoms. The number of ether oxygens (including phenoxy) is 3. The van der Waals surface area contributed by atoms with Crippen molar-refractivity contribution in [2.24, 2.45) is 5.92 Å². The molecule has 0 amide bonds. The van der Waals surface area contributed by atoms with Gasteiger partial charge in [0.15, 0.2) is 0 Å². The van der Waals surface area contributed by atoms with Gasteiger partial charge in [-0.25, -0.2) is 0 Å². The smallest absolute Gasteiger partial charge is 0.0928 e. The molecular weight excluding hydrogens is 194 g/mol. The molecule has 1 rings (SSSR count). The zero-order valence-corrected chi connectivity index (χ0v) is 9.99. The zero-order chi connectivity index (χ0) is 11.1. The van der Waals surface area contributed by atoms with Crippen molar-refractivity contribution in [2.45, 2.75) is 25.0 Å². The minimum atomic E-state index is 0.133. The SMILES string of the molecule is COCC(CNC(COC)C1CC1)OC. The molecule has 90 valence electrons. The van der Waals surface area contributed by atoms with Crippen LogP contribution >= 0.6 is 0 Å². The second kappa shape index (κ2) is 7.17. The summed E-state index contributed by atoms with van der Waals surface area (Å²) in [7, 11) is 5.16. The van der Waals surface area contributed by atoms with Gasteiger partial charge in [0.25, 0.3) is 0 Å². The minimum Gasteiger partial charge on any atom is -0.383 e. The fraction of sp³-hybridized carbons (Fsp3) is 1.00. The number of nitrogens with one attached hydrogen (secondary N) is 1. The van der Waals surface area contributed by atoms with E-state index in [4.69, 9.17) is 14.2 Å². The van der Waals surface area contributed by atoms with Crippen molar-refractivity contribution in [2.75, 3.05) is 41.1 Å². The van der Waals surface area contributed by atoms with Crippen LogP contribution in [0.25, 0.3) is 0 Å². The molecule has 1 fully saturated rings. The van der Waals surface area contributed by atoms with E-state index in [2.05, 4.69) is 5.32 Å². The predicted octanol–water partition coefficient (Wildman–Crippen LogP) is 0.662. The van der Waals surface area contributed by atoms with Crippen molar-refractivity contribution in [1.82, 2.24) is 5.32 Å². The molecule has 1 N–H and O–H groups in total. The molecule has 2 atom stereocenters. The van der Waals surface area contributed by atoms with Crippen LogP contribution in [0.4, 0.5) is 0 Å². The molecule has 0 aromatic carbocycles. The molecule has 0 heterocycles. The van der Waals surface area contributed by atoms with Crippen molar-refractivity contribution in [3.8, 4) is 0 Å². The third kappa shape index (κ3) is 4.93. The molecule has 15 heavy (non-hydrogen) atoms. The Kier molecular flexibility index (Phi) is 6.17. The highest BCUT2D eigenvalue weighted by atomic mass is 16.5. The van der Waals surface area contributed by atoms with E-state index in [1.54, 1.807) is 21.3 Å². The maximum Gasteiger partial charge on any atom is 0.0928 e. The van der Waals surface area contributed by atoms with E-state index in [1.165, 1.54) is 12.8 Å². The molecule has 4 nitrogen and oxygen atoms in total. The summed E-state index contributed by atoms with van der Waals surface area (Å²) in [4.78, 5) is 0. The molecule has 0 radical (unpaired) electrons. The molecule has 0 aromatic heterocycles. The van der Waals surface area contributed by atoms with Gasteiger partial charge in [0.05, 0.1) is 19.3 Å². The molecule has 2 unspecified atom stereocenters.